The van der Waals surface area contributed by atoms with E-state index in [2.05, 4.69) is 6.92 Å². The first-order valence-electron chi connectivity index (χ1n) is 24.8. The Morgan fingerprint density at radius 2 is 0.312 bits per heavy atom. The molecule has 386 valence electrons. The molecule has 64 heavy (non-hydrogen) atoms. The number of hydrogen-bond acceptors (Lipinski definition) is 17. The highest BCUT2D eigenvalue weighted by molar-refractivity contribution is 4.49. The lowest BCUT2D eigenvalue weighted by atomic mass is 10.0. The van der Waals surface area contributed by atoms with Crippen LogP contribution < -0.4 is 0 Å². The van der Waals surface area contributed by atoms with Gasteiger partial charge in [0.2, 0.25) is 0 Å². The largest absolute Gasteiger partial charge is 0.394 e. The van der Waals surface area contributed by atoms with Gasteiger partial charge >= 0.3 is 0 Å². The van der Waals surface area contributed by atoms with Gasteiger partial charge in [0.1, 0.15) is 0 Å². The Labute approximate surface area is 388 Å². The van der Waals surface area contributed by atoms with Crippen LogP contribution in [0.4, 0.5) is 0 Å². The van der Waals surface area contributed by atoms with E-state index >= 15 is 0 Å². The average Bonchev–Trinajstić information content (AvgIpc) is 3.31. The lowest BCUT2D eigenvalue weighted by Crippen LogP contribution is -2.16. The molecule has 0 aliphatic heterocycles. The summed E-state index contributed by atoms with van der Waals surface area (Å²) in [6.45, 7) is 18.9. The van der Waals surface area contributed by atoms with Crippen LogP contribution in [0.15, 0.2) is 0 Å². The maximum absolute atomic E-state index is 8.60. The second-order valence-corrected chi connectivity index (χ2v) is 14.8. The SMILES string of the molecule is CCCCCCCCCCCCCCCOCCOCCOCCOCCOCCOCCOCCOCCOCCOCCOCCOCCOCCOCCOCCOCCO. The lowest BCUT2D eigenvalue weighted by molar-refractivity contribution is -0.0305. The fourth-order valence-corrected chi connectivity index (χ4v) is 5.69. The third-order valence-corrected chi connectivity index (χ3v) is 9.21. The average molecular weight is 933 g/mol. The molecule has 0 aromatic rings. The van der Waals surface area contributed by atoms with Crippen LogP contribution in [0.5, 0.6) is 0 Å². The number of aliphatic hydroxyl groups is 1. The minimum atomic E-state index is 0.0228. The van der Waals surface area contributed by atoms with Crippen molar-refractivity contribution in [2.24, 2.45) is 0 Å². The molecule has 0 aliphatic rings. The summed E-state index contributed by atoms with van der Waals surface area (Å²) in [6.07, 6.45) is 17.7. The van der Waals surface area contributed by atoms with E-state index in [4.69, 9.17) is 80.9 Å². The molecule has 0 unspecified atom stereocenters. The summed E-state index contributed by atoms with van der Waals surface area (Å²) in [5, 5.41) is 8.60. The van der Waals surface area contributed by atoms with Gasteiger partial charge in [-0.3, -0.25) is 0 Å². The number of aliphatic hydroxyl groups excluding tert-OH is 1. The van der Waals surface area contributed by atoms with Crippen LogP contribution in [-0.4, -0.2) is 223 Å². The first kappa shape index (κ1) is 63.3. The fraction of sp³-hybridized carbons (Fsp3) is 1.00. The van der Waals surface area contributed by atoms with Crippen LogP contribution in [0.2, 0.25) is 0 Å². The second kappa shape index (κ2) is 62.3. The Balaban J connectivity index is 3.06. The monoisotopic (exact) mass is 933 g/mol. The van der Waals surface area contributed by atoms with E-state index in [-0.39, 0.29) is 6.61 Å². The molecule has 0 saturated heterocycles. The topological polar surface area (TPSA) is 168 Å². The molecule has 0 fully saturated rings. The highest BCUT2D eigenvalue weighted by Gasteiger charge is 1.99. The van der Waals surface area contributed by atoms with Crippen LogP contribution >= 0.6 is 0 Å². The van der Waals surface area contributed by atoms with Crippen LogP contribution in [0.1, 0.15) is 90.4 Å². The van der Waals surface area contributed by atoms with Crippen molar-refractivity contribution < 1.29 is 80.9 Å². The van der Waals surface area contributed by atoms with Crippen LogP contribution in [0.25, 0.3) is 0 Å². The molecular formula is C47H96O17. The van der Waals surface area contributed by atoms with Gasteiger partial charge in [-0.05, 0) is 6.42 Å². The summed E-state index contributed by atoms with van der Waals surface area (Å²) >= 11 is 0. The van der Waals surface area contributed by atoms with Gasteiger partial charge in [0.05, 0.1) is 211 Å². The molecular weight excluding hydrogens is 836 g/mol. The zero-order valence-corrected chi connectivity index (χ0v) is 40.5. The van der Waals surface area contributed by atoms with Gasteiger partial charge in [-0.25, -0.2) is 0 Å². The predicted molar refractivity (Wildman–Crippen MR) is 246 cm³/mol. The van der Waals surface area contributed by atoms with Crippen molar-refractivity contribution in [2.45, 2.75) is 90.4 Å². The van der Waals surface area contributed by atoms with E-state index in [1.165, 1.54) is 77.0 Å². The van der Waals surface area contributed by atoms with E-state index in [0.717, 1.165) is 13.0 Å². The smallest absolute Gasteiger partial charge is 0.0701 e. The summed E-state index contributed by atoms with van der Waals surface area (Å²) in [6, 6.07) is 0. The zero-order chi connectivity index (χ0) is 45.8. The van der Waals surface area contributed by atoms with Crippen molar-refractivity contribution in [1.29, 1.82) is 0 Å². The Bertz CT molecular complexity index is 730. The Hall–Kier alpha value is -0.680. The van der Waals surface area contributed by atoms with Crippen molar-refractivity contribution in [3.05, 3.63) is 0 Å². The van der Waals surface area contributed by atoms with Crippen molar-refractivity contribution >= 4 is 0 Å². The second-order valence-electron chi connectivity index (χ2n) is 14.8. The Kier molecular flexibility index (Phi) is 61.7. The summed E-state index contributed by atoms with van der Waals surface area (Å²) < 4.78 is 87.7. The summed E-state index contributed by atoms with van der Waals surface area (Å²) in [5.41, 5.74) is 0. The van der Waals surface area contributed by atoms with Gasteiger partial charge < -0.3 is 80.9 Å². The molecule has 0 atom stereocenters. The minimum Gasteiger partial charge on any atom is -0.394 e. The van der Waals surface area contributed by atoms with Gasteiger partial charge in [0, 0.05) is 6.61 Å². The first-order chi connectivity index (χ1) is 31.9. The molecule has 0 amide bonds. The van der Waals surface area contributed by atoms with Crippen molar-refractivity contribution in [2.75, 3.05) is 218 Å². The van der Waals surface area contributed by atoms with E-state index in [1.54, 1.807) is 0 Å². The lowest BCUT2D eigenvalue weighted by Gasteiger charge is -2.09. The maximum atomic E-state index is 8.60. The highest BCUT2D eigenvalue weighted by Crippen LogP contribution is 2.12. The molecule has 0 saturated carbocycles. The number of rotatable bonds is 61. The molecule has 0 aromatic heterocycles. The standard InChI is InChI=1S/C47H96O17/c1-2-3-4-5-6-7-8-9-10-11-12-13-14-16-49-18-20-51-22-24-53-26-28-55-30-32-57-34-36-59-38-40-61-42-44-63-46-47-64-45-43-62-41-39-60-37-35-58-33-31-56-29-27-54-25-23-52-21-19-50-17-15-48/h48H,2-47H2,1H3. The van der Waals surface area contributed by atoms with Crippen LogP contribution in [0, 0.1) is 0 Å². The number of unbranched alkanes of at least 4 members (excludes halogenated alkanes) is 12. The van der Waals surface area contributed by atoms with E-state index in [0.29, 0.717) is 205 Å². The molecule has 0 aromatic carbocycles. The number of ether oxygens (including phenoxy) is 16. The normalized spacial score (nSPS) is 11.7. The van der Waals surface area contributed by atoms with E-state index in [1.807, 2.05) is 0 Å². The molecule has 0 aliphatic carbocycles. The van der Waals surface area contributed by atoms with Crippen molar-refractivity contribution in [3.8, 4) is 0 Å². The fourth-order valence-electron chi connectivity index (χ4n) is 5.69. The molecule has 1 N–H and O–H groups in total. The molecule has 0 heterocycles. The summed E-state index contributed by atoms with van der Waals surface area (Å²) in [7, 11) is 0. The van der Waals surface area contributed by atoms with Gasteiger partial charge in [-0.1, -0.05) is 84.0 Å². The van der Waals surface area contributed by atoms with E-state index < -0.39 is 0 Å². The summed E-state index contributed by atoms with van der Waals surface area (Å²) in [4.78, 5) is 0. The van der Waals surface area contributed by atoms with Gasteiger partial charge in [0.25, 0.3) is 0 Å². The van der Waals surface area contributed by atoms with Crippen molar-refractivity contribution in [1.82, 2.24) is 0 Å². The minimum absolute atomic E-state index is 0.0228. The molecule has 0 spiro atoms. The molecule has 17 nitrogen and oxygen atoms in total. The number of hydrogen-bond donors (Lipinski definition) is 1. The van der Waals surface area contributed by atoms with Gasteiger partial charge in [0.15, 0.2) is 0 Å². The van der Waals surface area contributed by atoms with E-state index in [9.17, 15) is 0 Å². The molecule has 0 radical (unpaired) electrons. The van der Waals surface area contributed by atoms with Crippen LogP contribution in [0.3, 0.4) is 0 Å². The summed E-state index contributed by atoms with van der Waals surface area (Å²) in [5.74, 6) is 0. The third kappa shape index (κ3) is 61.3. The van der Waals surface area contributed by atoms with Gasteiger partial charge in [-0.2, -0.15) is 0 Å². The predicted octanol–water partition coefficient (Wildman–Crippen LogP) is 5.34. The zero-order valence-electron chi connectivity index (χ0n) is 40.5. The van der Waals surface area contributed by atoms with Crippen molar-refractivity contribution in [3.63, 3.8) is 0 Å². The highest BCUT2D eigenvalue weighted by atomic mass is 16.6. The maximum Gasteiger partial charge on any atom is 0.0701 e. The quantitative estimate of drug-likeness (QED) is 0.0776. The van der Waals surface area contributed by atoms with Gasteiger partial charge in [-0.15, -0.1) is 0 Å². The molecule has 17 heteroatoms. The Morgan fingerprint density at radius 1 is 0.172 bits per heavy atom. The molecule has 0 bridgehead atoms. The Morgan fingerprint density at radius 3 is 0.484 bits per heavy atom. The first-order valence-corrected chi connectivity index (χ1v) is 24.8. The third-order valence-electron chi connectivity index (χ3n) is 9.21. The molecule has 0 rings (SSSR count). The van der Waals surface area contributed by atoms with Crippen LogP contribution in [-0.2, 0) is 75.8 Å².